The average molecular weight is 317 g/mol. The lowest BCUT2D eigenvalue weighted by Gasteiger charge is -2.08. The molecule has 16 heavy (non-hydrogen) atoms. The third kappa shape index (κ3) is 1.79. The zero-order chi connectivity index (χ0) is 12.0. The van der Waals surface area contributed by atoms with Gasteiger partial charge < -0.3 is 5.11 Å². The van der Waals surface area contributed by atoms with Crippen LogP contribution in [-0.4, -0.2) is 10.1 Å². The van der Waals surface area contributed by atoms with Gasteiger partial charge in [0.05, 0.1) is 20.1 Å². The zero-order valence-corrected chi connectivity index (χ0v) is 11.1. The van der Waals surface area contributed by atoms with Gasteiger partial charge in [0.25, 0.3) is 0 Å². The number of halogens is 5. The Kier molecular flexibility index (Phi) is 3.30. The minimum absolute atomic E-state index is 0.00662. The summed E-state index contributed by atoms with van der Waals surface area (Å²) in [7, 11) is 0. The van der Waals surface area contributed by atoms with Gasteiger partial charge in [0.1, 0.15) is 16.4 Å². The van der Waals surface area contributed by atoms with Crippen molar-refractivity contribution >= 4 is 68.9 Å². The molecule has 2 aromatic rings. The van der Waals surface area contributed by atoms with E-state index in [1.165, 1.54) is 6.07 Å². The van der Waals surface area contributed by atoms with E-state index >= 15 is 0 Å². The highest BCUT2D eigenvalue weighted by molar-refractivity contribution is 6.53. The Hall–Kier alpha value is -0.120. The van der Waals surface area contributed by atoms with Crippen LogP contribution in [0.2, 0.25) is 25.2 Å². The Morgan fingerprint density at radius 2 is 1.56 bits per heavy atom. The van der Waals surface area contributed by atoms with Crippen LogP contribution in [0.25, 0.3) is 10.9 Å². The summed E-state index contributed by atoms with van der Waals surface area (Å²) in [6.45, 7) is 0. The molecule has 0 fully saturated rings. The lowest BCUT2D eigenvalue weighted by atomic mass is 10.2. The number of aromatic nitrogens is 1. The molecule has 0 radical (unpaired) electrons. The number of fused-ring (bicyclic) bond motifs is 1. The topological polar surface area (TPSA) is 33.1 Å². The van der Waals surface area contributed by atoms with Crippen molar-refractivity contribution in [2.45, 2.75) is 0 Å². The van der Waals surface area contributed by atoms with Gasteiger partial charge in [-0.05, 0) is 0 Å². The third-order valence-corrected chi connectivity index (χ3v) is 3.98. The Bertz CT molecular complexity index is 598. The quantitative estimate of drug-likeness (QED) is 0.677. The summed E-state index contributed by atoms with van der Waals surface area (Å²) in [5, 5.41) is 10.4. The minimum Gasteiger partial charge on any atom is -0.506 e. The number of nitrogens with zero attached hydrogens (tertiary/aromatic N) is 1. The molecule has 7 heteroatoms. The predicted octanol–water partition coefficient (Wildman–Crippen LogP) is 5.21. The number of hydrogen-bond acceptors (Lipinski definition) is 2. The fourth-order valence-electron chi connectivity index (χ4n) is 1.26. The van der Waals surface area contributed by atoms with Gasteiger partial charge >= 0.3 is 0 Å². The summed E-state index contributed by atoms with van der Waals surface area (Å²) < 4.78 is 0. The predicted molar refractivity (Wildman–Crippen MR) is 68.5 cm³/mol. The molecule has 0 saturated carbocycles. The first-order valence-electron chi connectivity index (χ1n) is 3.94. The summed E-state index contributed by atoms with van der Waals surface area (Å²) in [4.78, 5) is 3.89. The molecule has 84 valence electrons. The summed E-state index contributed by atoms with van der Waals surface area (Å²) in [5.41, 5.74) is 0.161. The third-order valence-electron chi connectivity index (χ3n) is 1.98. The standard InChI is InChI=1S/C9H2Cl5NO/c10-2-1-3(16)8-4(5(2)11)6(12)7(13)9(14)15-8/h1,16H. The highest BCUT2D eigenvalue weighted by Crippen LogP contribution is 2.43. The Balaban J connectivity index is 3.07. The van der Waals surface area contributed by atoms with Gasteiger partial charge in [-0.3, -0.25) is 0 Å². The number of hydrogen-bond donors (Lipinski definition) is 1. The Morgan fingerprint density at radius 3 is 2.19 bits per heavy atom. The molecule has 0 bridgehead atoms. The number of phenols is 1. The van der Waals surface area contributed by atoms with Gasteiger partial charge in [-0.2, -0.15) is 0 Å². The van der Waals surface area contributed by atoms with Crippen LogP contribution in [-0.2, 0) is 0 Å². The van der Waals surface area contributed by atoms with Crippen molar-refractivity contribution in [2.75, 3.05) is 0 Å². The largest absolute Gasteiger partial charge is 0.506 e. The summed E-state index contributed by atoms with van der Waals surface area (Å²) >= 11 is 29.3. The van der Waals surface area contributed by atoms with Crippen LogP contribution in [0.1, 0.15) is 0 Å². The van der Waals surface area contributed by atoms with Crippen LogP contribution in [0, 0.1) is 0 Å². The van der Waals surface area contributed by atoms with Gasteiger partial charge in [0.2, 0.25) is 0 Å². The second-order valence-electron chi connectivity index (χ2n) is 2.95. The maximum Gasteiger partial charge on any atom is 0.150 e. The van der Waals surface area contributed by atoms with Crippen molar-refractivity contribution < 1.29 is 5.11 Å². The van der Waals surface area contributed by atoms with E-state index in [9.17, 15) is 5.11 Å². The molecular weight excluding hydrogens is 315 g/mol. The van der Waals surface area contributed by atoms with Crippen LogP contribution >= 0.6 is 58.0 Å². The second kappa shape index (κ2) is 4.28. The Morgan fingerprint density at radius 1 is 0.938 bits per heavy atom. The first kappa shape index (κ1) is 12.3. The van der Waals surface area contributed by atoms with Crippen molar-refractivity contribution in [1.29, 1.82) is 0 Å². The van der Waals surface area contributed by atoms with Gasteiger partial charge in [-0.25, -0.2) is 4.98 Å². The molecule has 0 aliphatic carbocycles. The number of pyridine rings is 1. The lowest BCUT2D eigenvalue weighted by Crippen LogP contribution is -1.87. The van der Waals surface area contributed by atoms with E-state index in [4.69, 9.17) is 58.0 Å². The van der Waals surface area contributed by atoms with Crippen molar-refractivity contribution in [3.8, 4) is 5.75 Å². The van der Waals surface area contributed by atoms with Gasteiger partial charge in [0.15, 0.2) is 0 Å². The first-order valence-corrected chi connectivity index (χ1v) is 5.83. The average Bonchev–Trinajstić information content (AvgIpc) is 2.22. The number of rotatable bonds is 0. The fraction of sp³-hybridized carbons (Fsp3) is 0. The summed E-state index contributed by atoms with van der Waals surface area (Å²) in [6, 6.07) is 1.26. The van der Waals surface area contributed by atoms with E-state index in [0.29, 0.717) is 0 Å². The number of aromatic hydroxyl groups is 1. The van der Waals surface area contributed by atoms with Crippen molar-refractivity contribution in [3.05, 3.63) is 31.3 Å². The lowest BCUT2D eigenvalue weighted by molar-refractivity contribution is 0.480. The molecule has 0 atom stereocenters. The molecule has 2 rings (SSSR count). The molecular formula is C9H2Cl5NO. The highest BCUT2D eigenvalue weighted by Gasteiger charge is 2.18. The molecule has 1 aromatic heterocycles. The van der Waals surface area contributed by atoms with Crippen LogP contribution in [0.5, 0.6) is 5.75 Å². The summed E-state index contributed by atoms with van der Waals surface area (Å²) in [6.07, 6.45) is 0. The maximum atomic E-state index is 9.65. The van der Waals surface area contributed by atoms with E-state index in [-0.39, 0.29) is 41.9 Å². The van der Waals surface area contributed by atoms with E-state index in [1.54, 1.807) is 0 Å². The molecule has 0 saturated heterocycles. The fourth-order valence-corrected chi connectivity index (χ4v) is 2.39. The van der Waals surface area contributed by atoms with E-state index in [0.717, 1.165) is 0 Å². The van der Waals surface area contributed by atoms with Gasteiger partial charge in [-0.1, -0.05) is 58.0 Å². The number of benzene rings is 1. The SMILES string of the molecule is Oc1cc(Cl)c(Cl)c2c(Cl)c(Cl)c(Cl)nc12. The molecule has 0 spiro atoms. The molecule has 1 heterocycles. The van der Waals surface area contributed by atoms with Crippen LogP contribution in [0.4, 0.5) is 0 Å². The first-order chi connectivity index (χ1) is 7.43. The molecule has 2 nitrogen and oxygen atoms in total. The van der Waals surface area contributed by atoms with Crippen molar-refractivity contribution in [1.82, 2.24) is 4.98 Å². The normalized spacial score (nSPS) is 11.1. The van der Waals surface area contributed by atoms with Crippen LogP contribution < -0.4 is 0 Å². The monoisotopic (exact) mass is 315 g/mol. The number of phenolic OH excluding ortho intramolecular Hbond substituents is 1. The van der Waals surface area contributed by atoms with Crippen molar-refractivity contribution in [2.24, 2.45) is 0 Å². The van der Waals surface area contributed by atoms with Crippen LogP contribution in [0.3, 0.4) is 0 Å². The smallest absolute Gasteiger partial charge is 0.150 e. The molecule has 1 N–H and O–H groups in total. The van der Waals surface area contributed by atoms with E-state index < -0.39 is 0 Å². The van der Waals surface area contributed by atoms with E-state index in [1.807, 2.05) is 0 Å². The molecule has 0 aliphatic heterocycles. The second-order valence-corrected chi connectivity index (χ2v) is 4.84. The molecule has 0 aliphatic rings. The Labute approximate surface area is 116 Å². The molecule has 0 unspecified atom stereocenters. The maximum absolute atomic E-state index is 9.65. The van der Waals surface area contributed by atoms with Crippen LogP contribution in [0.15, 0.2) is 6.07 Å². The summed E-state index contributed by atoms with van der Waals surface area (Å²) in [5.74, 6) is -0.162. The molecule has 0 amide bonds. The zero-order valence-electron chi connectivity index (χ0n) is 7.36. The molecule has 1 aromatic carbocycles. The van der Waals surface area contributed by atoms with Crippen molar-refractivity contribution in [3.63, 3.8) is 0 Å². The van der Waals surface area contributed by atoms with Gasteiger partial charge in [-0.15, -0.1) is 0 Å². The highest BCUT2D eigenvalue weighted by atomic mass is 35.5. The van der Waals surface area contributed by atoms with E-state index in [2.05, 4.69) is 4.98 Å². The minimum atomic E-state index is -0.162. The van der Waals surface area contributed by atoms with Gasteiger partial charge in [0, 0.05) is 11.5 Å².